The van der Waals surface area contributed by atoms with E-state index in [1.165, 1.54) is 12.1 Å². The minimum absolute atomic E-state index is 0.212. The lowest BCUT2D eigenvalue weighted by atomic mass is 9.99. The van der Waals surface area contributed by atoms with E-state index in [9.17, 15) is 18.3 Å². The van der Waals surface area contributed by atoms with Gasteiger partial charge in [0.05, 0.1) is 23.3 Å². The van der Waals surface area contributed by atoms with Crippen LogP contribution in [0, 0.1) is 11.3 Å². The molecule has 2 rings (SSSR count). The molecule has 0 aliphatic rings. The molecule has 0 bridgehead atoms. The predicted octanol–water partition coefficient (Wildman–Crippen LogP) is 3.85. The molecule has 108 valence electrons. The average Bonchev–Trinajstić information content (AvgIpc) is 2.47. The maximum absolute atomic E-state index is 12.4. The first kappa shape index (κ1) is 15.1. The van der Waals surface area contributed by atoms with E-state index in [0.717, 1.165) is 12.1 Å². The van der Waals surface area contributed by atoms with Crippen molar-refractivity contribution in [2.45, 2.75) is 18.7 Å². The summed E-state index contributed by atoms with van der Waals surface area (Å²) in [4.78, 5) is 0. The van der Waals surface area contributed by atoms with Gasteiger partial charge >= 0.3 is 6.18 Å². The van der Waals surface area contributed by atoms with Gasteiger partial charge in [-0.1, -0.05) is 24.3 Å². The molecule has 5 heteroatoms. The molecule has 1 atom stereocenters. The molecule has 2 aromatic carbocycles. The molecule has 21 heavy (non-hydrogen) atoms. The predicted molar refractivity (Wildman–Crippen MR) is 71.3 cm³/mol. The summed E-state index contributed by atoms with van der Waals surface area (Å²) in [7, 11) is 0. The Morgan fingerprint density at radius 2 is 1.57 bits per heavy atom. The van der Waals surface area contributed by atoms with Crippen molar-refractivity contribution in [3.05, 3.63) is 70.8 Å². The van der Waals surface area contributed by atoms with E-state index in [2.05, 4.69) is 0 Å². The first-order valence-electron chi connectivity index (χ1n) is 6.24. The standard InChI is InChI=1S/C16H12F3NO/c17-16(18,19)14-7-3-11(4-8-14)9-15(21)13-5-1-12(10-20)2-6-13/h1-8,15,21H,9H2. The highest BCUT2D eigenvalue weighted by molar-refractivity contribution is 5.33. The third-order valence-electron chi connectivity index (χ3n) is 3.13. The van der Waals surface area contributed by atoms with Crippen LogP contribution in [0.3, 0.4) is 0 Å². The smallest absolute Gasteiger partial charge is 0.388 e. The summed E-state index contributed by atoms with van der Waals surface area (Å²) in [6.45, 7) is 0. The second kappa shape index (κ2) is 5.98. The van der Waals surface area contributed by atoms with Gasteiger partial charge in [0.2, 0.25) is 0 Å². The molecular formula is C16H12F3NO. The van der Waals surface area contributed by atoms with Crippen LogP contribution in [-0.4, -0.2) is 5.11 Å². The normalized spacial score (nSPS) is 12.7. The molecule has 0 saturated carbocycles. The van der Waals surface area contributed by atoms with Crippen LogP contribution in [0.4, 0.5) is 13.2 Å². The van der Waals surface area contributed by atoms with Crippen LogP contribution in [0.5, 0.6) is 0 Å². The van der Waals surface area contributed by atoms with E-state index < -0.39 is 17.8 Å². The minimum Gasteiger partial charge on any atom is -0.388 e. The lowest BCUT2D eigenvalue weighted by Crippen LogP contribution is -2.06. The topological polar surface area (TPSA) is 44.0 Å². The maximum Gasteiger partial charge on any atom is 0.416 e. The van der Waals surface area contributed by atoms with Gasteiger partial charge in [-0.2, -0.15) is 18.4 Å². The second-order valence-corrected chi connectivity index (χ2v) is 4.65. The van der Waals surface area contributed by atoms with Crippen molar-refractivity contribution < 1.29 is 18.3 Å². The largest absolute Gasteiger partial charge is 0.416 e. The van der Waals surface area contributed by atoms with Gasteiger partial charge in [0.15, 0.2) is 0 Å². The fourth-order valence-corrected chi connectivity index (χ4v) is 1.95. The molecule has 0 spiro atoms. The quantitative estimate of drug-likeness (QED) is 0.933. The zero-order chi connectivity index (χ0) is 15.5. The summed E-state index contributed by atoms with van der Waals surface area (Å²) in [5.41, 5.74) is 1.01. The Kier molecular flexibility index (Phi) is 4.29. The van der Waals surface area contributed by atoms with Crippen molar-refractivity contribution in [1.29, 1.82) is 5.26 Å². The van der Waals surface area contributed by atoms with Crippen LogP contribution >= 0.6 is 0 Å². The van der Waals surface area contributed by atoms with Gasteiger partial charge in [-0.3, -0.25) is 0 Å². The van der Waals surface area contributed by atoms with Crippen molar-refractivity contribution >= 4 is 0 Å². The SMILES string of the molecule is N#Cc1ccc(C(O)Cc2ccc(C(F)(F)F)cc2)cc1. The summed E-state index contributed by atoms with van der Waals surface area (Å²) in [5, 5.41) is 18.8. The molecule has 0 radical (unpaired) electrons. The summed E-state index contributed by atoms with van der Waals surface area (Å²) < 4.78 is 37.3. The lowest BCUT2D eigenvalue weighted by Gasteiger charge is -2.12. The van der Waals surface area contributed by atoms with Gasteiger partial charge in [-0.25, -0.2) is 0 Å². The van der Waals surface area contributed by atoms with Gasteiger partial charge in [0.25, 0.3) is 0 Å². The van der Waals surface area contributed by atoms with E-state index >= 15 is 0 Å². The van der Waals surface area contributed by atoms with E-state index in [1.807, 2.05) is 6.07 Å². The van der Waals surface area contributed by atoms with Gasteiger partial charge in [0, 0.05) is 6.42 Å². The van der Waals surface area contributed by atoms with Crippen LogP contribution in [-0.2, 0) is 12.6 Å². The van der Waals surface area contributed by atoms with Crippen LogP contribution < -0.4 is 0 Å². The highest BCUT2D eigenvalue weighted by atomic mass is 19.4. The lowest BCUT2D eigenvalue weighted by molar-refractivity contribution is -0.137. The molecule has 0 aliphatic heterocycles. The average molecular weight is 291 g/mol. The molecule has 0 heterocycles. The molecule has 1 N–H and O–H groups in total. The van der Waals surface area contributed by atoms with Gasteiger partial charge < -0.3 is 5.11 Å². The zero-order valence-electron chi connectivity index (χ0n) is 10.9. The van der Waals surface area contributed by atoms with Crippen LogP contribution in [0.1, 0.15) is 28.4 Å². The molecule has 0 aliphatic carbocycles. The van der Waals surface area contributed by atoms with Crippen molar-refractivity contribution in [1.82, 2.24) is 0 Å². The third kappa shape index (κ3) is 3.83. The number of alkyl halides is 3. The monoisotopic (exact) mass is 291 g/mol. The number of halogens is 3. The number of nitrogens with zero attached hydrogens (tertiary/aromatic N) is 1. The van der Waals surface area contributed by atoms with Crippen molar-refractivity contribution in [3.63, 3.8) is 0 Å². The molecule has 0 saturated heterocycles. The molecule has 2 nitrogen and oxygen atoms in total. The zero-order valence-corrected chi connectivity index (χ0v) is 10.9. The molecular weight excluding hydrogens is 279 g/mol. The summed E-state index contributed by atoms with van der Waals surface area (Å²) in [6, 6.07) is 13.1. The van der Waals surface area contributed by atoms with Crippen molar-refractivity contribution in [2.75, 3.05) is 0 Å². The first-order valence-corrected chi connectivity index (χ1v) is 6.24. The fraction of sp³-hybridized carbons (Fsp3) is 0.188. The van der Waals surface area contributed by atoms with Gasteiger partial charge in [0.1, 0.15) is 0 Å². The highest BCUT2D eigenvalue weighted by Gasteiger charge is 2.29. The van der Waals surface area contributed by atoms with Crippen molar-refractivity contribution in [3.8, 4) is 6.07 Å². The number of rotatable bonds is 3. The second-order valence-electron chi connectivity index (χ2n) is 4.65. The summed E-state index contributed by atoms with van der Waals surface area (Å²) in [6.07, 6.45) is -4.97. The van der Waals surface area contributed by atoms with E-state index in [0.29, 0.717) is 16.7 Å². The minimum atomic E-state index is -4.36. The highest BCUT2D eigenvalue weighted by Crippen LogP contribution is 2.29. The van der Waals surface area contributed by atoms with Crippen LogP contribution in [0.25, 0.3) is 0 Å². The molecule has 0 fully saturated rings. The van der Waals surface area contributed by atoms with Gasteiger partial charge in [-0.15, -0.1) is 0 Å². The Morgan fingerprint density at radius 3 is 2.05 bits per heavy atom. The van der Waals surface area contributed by atoms with E-state index in [4.69, 9.17) is 5.26 Å². The molecule has 0 aromatic heterocycles. The maximum atomic E-state index is 12.4. The Hall–Kier alpha value is -2.32. The molecule has 2 aromatic rings. The van der Waals surface area contributed by atoms with Gasteiger partial charge in [-0.05, 0) is 35.4 Å². The Bertz CT molecular complexity index is 639. The number of hydrogen-bond acceptors (Lipinski definition) is 2. The number of aliphatic hydroxyl groups is 1. The molecule has 1 unspecified atom stereocenters. The summed E-state index contributed by atoms with van der Waals surface area (Å²) >= 11 is 0. The number of hydrogen-bond donors (Lipinski definition) is 1. The Labute approximate surface area is 120 Å². The summed E-state index contributed by atoms with van der Waals surface area (Å²) in [5.74, 6) is 0. The van der Waals surface area contributed by atoms with E-state index in [-0.39, 0.29) is 6.42 Å². The Balaban J connectivity index is 2.08. The van der Waals surface area contributed by atoms with Crippen LogP contribution in [0.2, 0.25) is 0 Å². The Morgan fingerprint density at radius 1 is 1.00 bits per heavy atom. The van der Waals surface area contributed by atoms with Crippen LogP contribution in [0.15, 0.2) is 48.5 Å². The number of nitriles is 1. The fourth-order valence-electron chi connectivity index (χ4n) is 1.95. The third-order valence-corrected chi connectivity index (χ3v) is 3.13. The number of benzene rings is 2. The van der Waals surface area contributed by atoms with Crippen molar-refractivity contribution in [2.24, 2.45) is 0 Å². The van der Waals surface area contributed by atoms with E-state index in [1.54, 1.807) is 24.3 Å². The first-order chi connectivity index (χ1) is 9.90. The number of aliphatic hydroxyl groups excluding tert-OH is 1. The molecule has 0 amide bonds.